The second-order valence-corrected chi connectivity index (χ2v) is 6.06. The molecule has 1 N–H and O–H groups in total. The average molecular weight is 302 g/mol. The molecule has 0 aliphatic carbocycles. The lowest BCUT2D eigenvalue weighted by atomic mass is 10.1. The van der Waals surface area contributed by atoms with E-state index in [1.54, 1.807) is 6.92 Å². The van der Waals surface area contributed by atoms with Crippen molar-refractivity contribution >= 4 is 17.4 Å². The highest BCUT2D eigenvalue weighted by Gasteiger charge is 2.12. The summed E-state index contributed by atoms with van der Waals surface area (Å²) in [5.74, 6) is 0.229. The van der Waals surface area contributed by atoms with E-state index in [4.69, 9.17) is 0 Å². The Labute approximate surface area is 132 Å². The van der Waals surface area contributed by atoms with Gasteiger partial charge in [0.05, 0.1) is 0 Å². The third kappa shape index (κ3) is 5.60. The molecule has 1 saturated heterocycles. The molecule has 22 heavy (non-hydrogen) atoms. The maximum atomic E-state index is 12.1. The highest BCUT2D eigenvalue weighted by atomic mass is 16.1. The highest BCUT2D eigenvalue weighted by Crippen LogP contribution is 2.17. The molecule has 0 saturated carbocycles. The molecule has 0 bridgehead atoms. The Bertz CT molecular complexity index is 508. The van der Waals surface area contributed by atoms with Crippen LogP contribution in [0.5, 0.6) is 0 Å². The predicted octanol–water partition coefficient (Wildman–Crippen LogP) is 3.02. The van der Waals surface area contributed by atoms with Crippen molar-refractivity contribution in [3.05, 3.63) is 29.8 Å². The van der Waals surface area contributed by atoms with Gasteiger partial charge in [0.1, 0.15) is 5.78 Å². The van der Waals surface area contributed by atoms with Gasteiger partial charge in [0, 0.05) is 25.1 Å². The molecule has 1 fully saturated rings. The lowest BCUT2D eigenvalue weighted by Gasteiger charge is -2.26. The molecule has 2 rings (SSSR count). The molecule has 0 radical (unpaired) electrons. The normalized spacial score (nSPS) is 15.5. The zero-order valence-corrected chi connectivity index (χ0v) is 13.4. The summed E-state index contributed by atoms with van der Waals surface area (Å²) in [7, 11) is 0. The van der Waals surface area contributed by atoms with E-state index in [0.29, 0.717) is 19.3 Å². The number of para-hydroxylation sites is 1. The maximum Gasteiger partial charge on any atom is 0.225 e. The topological polar surface area (TPSA) is 49.4 Å². The molecule has 4 nitrogen and oxygen atoms in total. The van der Waals surface area contributed by atoms with Gasteiger partial charge in [-0.25, -0.2) is 0 Å². The van der Waals surface area contributed by atoms with Crippen molar-refractivity contribution in [2.45, 2.75) is 45.4 Å². The van der Waals surface area contributed by atoms with E-state index in [1.165, 1.54) is 19.3 Å². The average Bonchev–Trinajstić information content (AvgIpc) is 2.53. The fraction of sp³-hybridized carbons (Fsp3) is 0.556. The Hall–Kier alpha value is -1.68. The first-order valence-electron chi connectivity index (χ1n) is 8.24. The van der Waals surface area contributed by atoms with E-state index in [1.807, 2.05) is 24.3 Å². The fourth-order valence-corrected chi connectivity index (χ4v) is 2.83. The van der Waals surface area contributed by atoms with Crippen LogP contribution in [0.2, 0.25) is 0 Å². The van der Waals surface area contributed by atoms with Crippen LogP contribution in [0.3, 0.4) is 0 Å². The van der Waals surface area contributed by atoms with Gasteiger partial charge in [-0.05, 0) is 50.9 Å². The van der Waals surface area contributed by atoms with Crippen molar-refractivity contribution in [2.24, 2.45) is 0 Å². The summed E-state index contributed by atoms with van der Waals surface area (Å²) >= 11 is 0. The van der Waals surface area contributed by atoms with Crippen molar-refractivity contribution in [1.82, 2.24) is 4.90 Å². The molecule has 0 unspecified atom stereocenters. The van der Waals surface area contributed by atoms with Crippen molar-refractivity contribution in [3.63, 3.8) is 0 Å². The van der Waals surface area contributed by atoms with Gasteiger partial charge in [0.25, 0.3) is 0 Å². The Balaban J connectivity index is 1.83. The van der Waals surface area contributed by atoms with Gasteiger partial charge in [-0.2, -0.15) is 0 Å². The van der Waals surface area contributed by atoms with E-state index in [-0.39, 0.29) is 11.7 Å². The Morgan fingerprint density at radius 3 is 2.55 bits per heavy atom. The number of benzene rings is 1. The molecule has 120 valence electrons. The summed E-state index contributed by atoms with van der Waals surface area (Å²) < 4.78 is 0. The highest BCUT2D eigenvalue weighted by molar-refractivity contribution is 5.91. The number of rotatable bonds is 7. The zero-order valence-electron chi connectivity index (χ0n) is 13.4. The van der Waals surface area contributed by atoms with Crippen LogP contribution in [0.25, 0.3) is 0 Å². The van der Waals surface area contributed by atoms with Crippen LogP contribution in [0.1, 0.15) is 44.6 Å². The standard InChI is InChI=1S/C18H26N2O2/c1-15(21)9-10-16-7-3-4-8-17(16)19-18(22)11-14-20-12-5-2-6-13-20/h3-4,7-8H,2,5-6,9-14H2,1H3,(H,19,22). The van der Waals surface area contributed by atoms with Crippen LogP contribution in [-0.4, -0.2) is 36.2 Å². The van der Waals surface area contributed by atoms with E-state index in [9.17, 15) is 9.59 Å². The number of Topliss-reactive ketones (excluding diaryl/α,β-unsaturated/α-hetero) is 1. The lowest BCUT2D eigenvalue weighted by Crippen LogP contribution is -2.32. The summed E-state index contributed by atoms with van der Waals surface area (Å²) in [4.78, 5) is 25.6. The molecular weight excluding hydrogens is 276 g/mol. The van der Waals surface area contributed by atoms with Gasteiger partial charge in [-0.15, -0.1) is 0 Å². The van der Waals surface area contributed by atoms with Crippen LogP contribution in [0.15, 0.2) is 24.3 Å². The van der Waals surface area contributed by atoms with E-state index in [0.717, 1.165) is 30.9 Å². The van der Waals surface area contributed by atoms with E-state index < -0.39 is 0 Å². The van der Waals surface area contributed by atoms with Crippen molar-refractivity contribution in [3.8, 4) is 0 Å². The number of nitrogens with zero attached hydrogens (tertiary/aromatic N) is 1. The van der Waals surface area contributed by atoms with Crippen LogP contribution in [0, 0.1) is 0 Å². The molecule has 1 amide bonds. The molecule has 0 spiro atoms. The third-order valence-electron chi connectivity index (χ3n) is 4.14. The Kier molecular flexibility index (Phi) is 6.59. The number of likely N-dealkylation sites (tertiary alicyclic amines) is 1. The molecule has 1 aliphatic heterocycles. The predicted molar refractivity (Wildman–Crippen MR) is 89.0 cm³/mol. The van der Waals surface area contributed by atoms with Gasteiger partial charge in [0.15, 0.2) is 0 Å². The monoisotopic (exact) mass is 302 g/mol. The number of carbonyl (C=O) groups excluding carboxylic acids is 2. The number of piperidine rings is 1. The molecule has 1 aromatic rings. The van der Waals surface area contributed by atoms with Crippen LogP contribution < -0.4 is 5.32 Å². The number of amides is 1. The number of aryl methyl sites for hydroxylation is 1. The van der Waals surface area contributed by atoms with E-state index in [2.05, 4.69) is 10.2 Å². The number of hydrogen-bond acceptors (Lipinski definition) is 3. The van der Waals surface area contributed by atoms with Gasteiger partial charge in [-0.1, -0.05) is 24.6 Å². The summed E-state index contributed by atoms with van der Waals surface area (Å²) in [6.07, 6.45) is 5.52. The van der Waals surface area contributed by atoms with Gasteiger partial charge < -0.3 is 15.0 Å². The van der Waals surface area contributed by atoms with E-state index >= 15 is 0 Å². The molecule has 1 aromatic carbocycles. The SMILES string of the molecule is CC(=O)CCc1ccccc1NC(=O)CCN1CCCCC1. The van der Waals surface area contributed by atoms with Crippen molar-refractivity contribution in [1.29, 1.82) is 0 Å². The fourth-order valence-electron chi connectivity index (χ4n) is 2.83. The number of ketones is 1. The smallest absolute Gasteiger partial charge is 0.225 e. The number of nitrogens with one attached hydrogen (secondary N) is 1. The van der Waals surface area contributed by atoms with Gasteiger partial charge >= 0.3 is 0 Å². The van der Waals surface area contributed by atoms with Gasteiger partial charge in [0.2, 0.25) is 5.91 Å². The first-order chi connectivity index (χ1) is 10.6. The van der Waals surface area contributed by atoms with Crippen molar-refractivity contribution in [2.75, 3.05) is 25.0 Å². The molecule has 0 aromatic heterocycles. The third-order valence-corrected chi connectivity index (χ3v) is 4.14. The first-order valence-corrected chi connectivity index (χ1v) is 8.24. The van der Waals surface area contributed by atoms with Crippen molar-refractivity contribution < 1.29 is 9.59 Å². The minimum atomic E-state index is 0.0563. The molecule has 1 heterocycles. The lowest BCUT2D eigenvalue weighted by molar-refractivity contribution is -0.117. The minimum absolute atomic E-state index is 0.0563. The zero-order chi connectivity index (χ0) is 15.8. The molecule has 1 aliphatic rings. The maximum absolute atomic E-state index is 12.1. The largest absolute Gasteiger partial charge is 0.326 e. The second-order valence-electron chi connectivity index (χ2n) is 6.06. The summed E-state index contributed by atoms with van der Waals surface area (Å²) in [5, 5.41) is 3.00. The molecule has 4 heteroatoms. The van der Waals surface area contributed by atoms with Crippen LogP contribution in [0.4, 0.5) is 5.69 Å². The molecular formula is C18H26N2O2. The quantitative estimate of drug-likeness (QED) is 0.842. The number of carbonyl (C=O) groups is 2. The van der Waals surface area contributed by atoms with Gasteiger partial charge in [-0.3, -0.25) is 4.79 Å². The summed E-state index contributed by atoms with van der Waals surface area (Å²) in [6.45, 7) is 4.66. The van der Waals surface area contributed by atoms with Crippen LogP contribution >= 0.6 is 0 Å². The number of hydrogen-bond donors (Lipinski definition) is 1. The molecule has 0 atom stereocenters. The summed E-state index contributed by atoms with van der Waals surface area (Å²) in [5.41, 5.74) is 1.87. The minimum Gasteiger partial charge on any atom is -0.326 e. The van der Waals surface area contributed by atoms with Crippen LogP contribution in [-0.2, 0) is 16.0 Å². The second kappa shape index (κ2) is 8.69. The Morgan fingerprint density at radius 1 is 1.09 bits per heavy atom. The number of anilines is 1. The first kappa shape index (κ1) is 16.7. The Morgan fingerprint density at radius 2 is 1.82 bits per heavy atom. The summed E-state index contributed by atoms with van der Waals surface area (Å²) in [6, 6.07) is 7.74.